The first-order valence-electron chi connectivity index (χ1n) is 0.707. The summed E-state index contributed by atoms with van der Waals surface area (Å²) in [6.07, 6.45) is 0. The summed E-state index contributed by atoms with van der Waals surface area (Å²) in [5.74, 6) is 0. The van der Waals surface area contributed by atoms with Crippen molar-refractivity contribution in [2.24, 2.45) is 0 Å². The van der Waals surface area contributed by atoms with E-state index >= 15 is 0 Å². The molecule has 0 aliphatic carbocycles. The minimum Gasteiger partial charge on any atom is 0 e. The third-order valence-electron chi connectivity index (χ3n) is 0. The molecule has 0 saturated carbocycles. The fourth-order valence-electron chi connectivity index (χ4n) is 0. The molecule has 0 aliphatic rings. The Morgan fingerprint density at radius 1 is 1.25 bits per heavy atom. The molecule has 0 amide bonds. The first-order valence-corrected chi connectivity index (χ1v) is 2.12. The summed E-state index contributed by atoms with van der Waals surface area (Å²) in [5.41, 5.74) is 0. The molecule has 4 heavy (non-hydrogen) atoms. The summed E-state index contributed by atoms with van der Waals surface area (Å²) in [5, 5.41) is 0. The van der Waals surface area contributed by atoms with Crippen LogP contribution in [0.15, 0.2) is 0 Å². The number of rotatable bonds is 0. The van der Waals surface area contributed by atoms with Crippen LogP contribution in [-0.4, -0.2) is 76.4 Å². The van der Waals surface area contributed by atoms with Crippen LogP contribution in [0.4, 0.5) is 0 Å². The Kier molecular flexibility index (Phi) is 67.9. The molecule has 0 bridgehead atoms. The fraction of sp³-hybridized carbons (Fsp3) is 0. The first-order chi connectivity index (χ1) is 1.00. The van der Waals surface area contributed by atoms with E-state index in [-0.39, 0.29) is 42.8 Å². The molecule has 0 heterocycles. The third-order valence-corrected chi connectivity index (χ3v) is 0. The number of hydrogen-bond acceptors (Lipinski definition) is 0. The Hall–Kier alpha value is 2.77. The molecular weight excluding hydrogens is 125 g/mol. The summed E-state index contributed by atoms with van der Waals surface area (Å²) >= 11 is 3.89. The van der Waals surface area contributed by atoms with E-state index in [2.05, 4.69) is 0 Å². The van der Waals surface area contributed by atoms with Gasteiger partial charge >= 0.3 is 33.6 Å². The van der Waals surface area contributed by atoms with Crippen LogP contribution < -0.4 is 0 Å². The van der Waals surface area contributed by atoms with Gasteiger partial charge in [0.05, 0.1) is 0 Å². The van der Waals surface area contributed by atoms with Crippen LogP contribution >= 0.6 is 0 Å². The van der Waals surface area contributed by atoms with Gasteiger partial charge in [-0.25, -0.2) is 0 Å². The van der Waals surface area contributed by atoms with E-state index in [9.17, 15) is 0 Å². The standard InChI is InChI=1S/Ga.Li.2Mg. The molecule has 0 spiro atoms. The molecule has 0 nitrogen and oxygen atoms in total. The second-order valence-electron chi connectivity index (χ2n) is 0. The molecule has 0 fully saturated rings. The third kappa shape index (κ3) is 8.84. The van der Waals surface area contributed by atoms with E-state index in [0.717, 1.165) is 0 Å². The molecule has 0 aromatic rings. The summed E-state index contributed by atoms with van der Waals surface area (Å²) in [7, 11) is 0. The van der Waals surface area contributed by atoms with E-state index in [1.54, 1.807) is 0 Å². The van der Waals surface area contributed by atoms with Gasteiger partial charge in [-0.05, 0) is 0 Å². The molecule has 0 N–H and O–H groups in total. The van der Waals surface area contributed by atoms with Gasteiger partial charge in [0, 0.05) is 42.8 Å². The van der Waals surface area contributed by atoms with Crippen LogP contribution in [0.25, 0.3) is 0 Å². The van der Waals surface area contributed by atoms with Crippen LogP contribution in [0.2, 0.25) is 0 Å². The average molecular weight is 125 g/mol. The summed E-state index contributed by atoms with van der Waals surface area (Å²) in [6.45, 7) is 0. The maximum atomic E-state index is 2.03. The first kappa shape index (κ1) is 15.9. The van der Waals surface area contributed by atoms with E-state index in [1.165, 1.54) is 0 Å². The van der Waals surface area contributed by atoms with Crippen molar-refractivity contribution in [3.63, 3.8) is 0 Å². The Labute approximate surface area is 75.0 Å². The second-order valence-corrected chi connectivity index (χ2v) is 0. The van der Waals surface area contributed by atoms with Gasteiger partial charge in [0.2, 0.25) is 0 Å². The molecule has 0 unspecified atom stereocenters. The van der Waals surface area contributed by atoms with Crippen LogP contribution in [0.3, 0.4) is 0 Å². The van der Waals surface area contributed by atoms with Crippen molar-refractivity contribution in [1.82, 2.24) is 0 Å². The SMILES string of the molecule is [Ga].[Li][Mg].[Mg]. The van der Waals surface area contributed by atoms with Crippen molar-refractivity contribution >= 4 is 76.4 Å². The second kappa shape index (κ2) is 17.1. The fourth-order valence-corrected chi connectivity index (χ4v) is 0. The summed E-state index contributed by atoms with van der Waals surface area (Å²) < 4.78 is 0. The van der Waals surface area contributed by atoms with Crippen LogP contribution in [0.1, 0.15) is 0 Å². The van der Waals surface area contributed by atoms with E-state index < -0.39 is 0 Å². The molecule has 0 aromatic heterocycles. The van der Waals surface area contributed by atoms with Gasteiger partial charge in [0.15, 0.2) is 0 Å². The minimum absolute atomic E-state index is 0. The van der Waals surface area contributed by atoms with E-state index in [0.29, 0.717) is 0 Å². The van der Waals surface area contributed by atoms with Crippen molar-refractivity contribution in [3.8, 4) is 0 Å². The molecule has 0 aromatic carbocycles. The topological polar surface area (TPSA) is 0 Å². The predicted molar refractivity (Wildman–Crippen MR) is 23.0 cm³/mol. The van der Waals surface area contributed by atoms with E-state index in [1.807, 2.05) is 33.6 Å². The van der Waals surface area contributed by atoms with Crippen molar-refractivity contribution < 1.29 is 0 Å². The zero-order valence-electron chi connectivity index (χ0n) is 2.99. The number of hydrogen-bond donors (Lipinski definition) is 0. The predicted octanol–water partition coefficient (Wildman–Crippen LogP) is -1.52. The Morgan fingerprint density at radius 3 is 1.25 bits per heavy atom. The summed E-state index contributed by atoms with van der Waals surface area (Å²) in [4.78, 5) is 0. The maximum absolute atomic E-state index is 2.03. The Bertz CT molecular complexity index is 6.00. The molecule has 6 radical (unpaired) electrons. The van der Waals surface area contributed by atoms with Crippen molar-refractivity contribution in [2.45, 2.75) is 0 Å². The van der Waals surface area contributed by atoms with Gasteiger partial charge in [0.25, 0.3) is 0 Å². The molecular formula is GaLiMg2. The summed E-state index contributed by atoms with van der Waals surface area (Å²) in [6, 6.07) is 0. The van der Waals surface area contributed by atoms with Gasteiger partial charge < -0.3 is 0 Å². The average Bonchev–Trinajstić information content (AvgIpc) is 1.00. The quantitative estimate of drug-likeness (QED) is 0.345. The van der Waals surface area contributed by atoms with Gasteiger partial charge in [-0.3, -0.25) is 0 Å². The Balaban J connectivity index is -0.00000000500. The van der Waals surface area contributed by atoms with Crippen LogP contribution in [-0.2, 0) is 0 Å². The largest absolute Gasteiger partial charge is 0 e. The molecule has 0 rings (SSSR count). The van der Waals surface area contributed by atoms with Crippen LogP contribution in [0, 0.1) is 0 Å². The maximum Gasteiger partial charge on any atom is 0 e. The van der Waals surface area contributed by atoms with Gasteiger partial charge in [0.1, 0.15) is 0 Å². The van der Waals surface area contributed by atoms with Gasteiger partial charge in [-0.15, -0.1) is 0 Å². The molecule has 0 saturated heterocycles. The smallest absolute Gasteiger partial charge is 0 e. The molecule has 0 aliphatic heterocycles. The monoisotopic (exact) mass is 124 g/mol. The van der Waals surface area contributed by atoms with Gasteiger partial charge in [-0.1, -0.05) is 0 Å². The van der Waals surface area contributed by atoms with Crippen molar-refractivity contribution in [1.29, 1.82) is 0 Å². The van der Waals surface area contributed by atoms with Crippen molar-refractivity contribution in [3.05, 3.63) is 0 Å². The normalized spacial score (nSPS) is 1.25. The zero-order valence-corrected chi connectivity index (χ0v) is 8.24. The van der Waals surface area contributed by atoms with Crippen LogP contribution in [0.5, 0.6) is 0 Å². The zero-order chi connectivity index (χ0) is 2.00. The minimum atomic E-state index is 0. The van der Waals surface area contributed by atoms with Crippen molar-refractivity contribution in [2.75, 3.05) is 0 Å². The molecule has 8 valence electrons. The molecule has 0 atom stereocenters. The molecule has 4 heteroatoms. The van der Waals surface area contributed by atoms with E-state index in [4.69, 9.17) is 0 Å². The van der Waals surface area contributed by atoms with Gasteiger partial charge in [-0.2, -0.15) is 0 Å². The Morgan fingerprint density at radius 2 is 1.25 bits per heavy atom.